The van der Waals surface area contributed by atoms with E-state index in [9.17, 15) is 13.9 Å². The number of hydrogen-bond donors (Lipinski definition) is 3. The summed E-state index contributed by atoms with van der Waals surface area (Å²) in [6.07, 6.45) is 1.00. The maximum absolute atomic E-state index is 14.0. The second-order valence-corrected chi connectivity index (χ2v) is 10.0. The molecule has 2 atom stereocenters. The molecule has 4 rings (SSSR count). The average Bonchev–Trinajstić information content (AvgIpc) is 2.92. The van der Waals surface area contributed by atoms with Gasteiger partial charge in [-0.25, -0.2) is 18.7 Å². The van der Waals surface area contributed by atoms with Crippen LogP contribution in [0, 0.1) is 11.6 Å². The number of halogens is 3. The van der Waals surface area contributed by atoms with Gasteiger partial charge in [0, 0.05) is 19.2 Å². The number of hydrogen-bond acceptors (Lipinski definition) is 7. The van der Waals surface area contributed by atoms with Gasteiger partial charge in [-0.3, -0.25) is 0 Å². The van der Waals surface area contributed by atoms with Gasteiger partial charge in [0.2, 0.25) is 0 Å². The third kappa shape index (κ3) is 7.89. The third-order valence-corrected chi connectivity index (χ3v) is 6.89. The molecule has 10 heteroatoms. The van der Waals surface area contributed by atoms with Crippen molar-refractivity contribution in [2.75, 3.05) is 25.2 Å². The molecule has 0 aliphatic heterocycles. The first-order valence-corrected chi connectivity index (χ1v) is 13.9. The van der Waals surface area contributed by atoms with E-state index in [4.69, 9.17) is 16.3 Å². The fraction of sp³-hybridized carbons (Fsp3) is 0.241. The third-order valence-electron chi connectivity index (χ3n) is 6.07. The highest BCUT2D eigenvalue weighted by molar-refractivity contribution is 7.98. The zero-order valence-corrected chi connectivity index (χ0v) is 23.1. The van der Waals surface area contributed by atoms with Crippen LogP contribution in [0.15, 0.2) is 78.0 Å². The average molecular weight is 571 g/mol. The first kappa shape index (κ1) is 28.8. The van der Waals surface area contributed by atoms with E-state index in [-0.39, 0.29) is 18.1 Å². The minimum Gasteiger partial charge on any atom is -0.497 e. The molecule has 0 spiro atoms. The quantitative estimate of drug-likeness (QED) is 0.110. The first-order chi connectivity index (χ1) is 18.9. The number of nitrogens with zero attached hydrogens (tertiary/aromatic N) is 2. The van der Waals surface area contributed by atoms with E-state index in [1.165, 1.54) is 23.9 Å². The number of aliphatic hydroxyl groups is 1. The molecule has 3 N–H and O–H groups in total. The van der Waals surface area contributed by atoms with Crippen molar-refractivity contribution in [1.29, 1.82) is 0 Å². The summed E-state index contributed by atoms with van der Waals surface area (Å²) in [4.78, 5) is 9.02. The van der Waals surface area contributed by atoms with E-state index in [1.54, 1.807) is 7.11 Å². The number of thioether (sulfide) groups is 1. The lowest BCUT2D eigenvalue weighted by molar-refractivity contribution is 0.148. The number of rotatable bonds is 12. The SMILES string of the molecule is COc1cccc(CNC[C@@H](O)[C@H](Cc2cc(F)cc(F)c2)Nc2nc(SC)nc(Cl)c2-c2ccccc2)c1. The highest BCUT2D eigenvalue weighted by Gasteiger charge is 2.24. The van der Waals surface area contributed by atoms with E-state index in [0.717, 1.165) is 22.9 Å². The molecule has 0 radical (unpaired) electrons. The summed E-state index contributed by atoms with van der Waals surface area (Å²) in [6.45, 7) is 0.683. The summed E-state index contributed by atoms with van der Waals surface area (Å²) in [6, 6.07) is 19.7. The molecule has 4 aromatic rings. The molecule has 6 nitrogen and oxygen atoms in total. The molecule has 39 heavy (non-hydrogen) atoms. The molecule has 0 bridgehead atoms. The Labute approximate surface area is 235 Å². The summed E-state index contributed by atoms with van der Waals surface area (Å²) in [5.41, 5.74) is 2.74. The lowest BCUT2D eigenvalue weighted by Gasteiger charge is -2.27. The number of aromatic nitrogens is 2. The summed E-state index contributed by atoms with van der Waals surface area (Å²) < 4.78 is 33.3. The maximum atomic E-state index is 14.0. The molecule has 204 valence electrons. The Morgan fingerprint density at radius 2 is 1.72 bits per heavy atom. The molecule has 3 aromatic carbocycles. The monoisotopic (exact) mass is 570 g/mol. The number of benzene rings is 3. The van der Waals surface area contributed by atoms with Crippen molar-refractivity contribution in [3.05, 3.63) is 101 Å². The molecule has 1 heterocycles. The van der Waals surface area contributed by atoms with E-state index in [2.05, 4.69) is 20.6 Å². The Hall–Kier alpha value is -3.24. The molecule has 0 unspecified atom stereocenters. The zero-order valence-electron chi connectivity index (χ0n) is 21.5. The standard InChI is InChI=1S/C29H29ClF2N4O2S/c1-38-23-10-6-7-18(13-23)16-33-17-25(37)24(14-19-11-21(31)15-22(32)12-19)34-28-26(20-8-4-3-5-9-20)27(30)35-29(36-28)39-2/h3-13,15,24-25,33,37H,14,16-17H2,1-2H3,(H,34,35,36)/t24-,25+/m0/s1. The van der Waals surface area contributed by atoms with Gasteiger partial charge in [0.05, 0.1) is 24.8 Å². The normalized spacial score (nSPS) is 12.7. The van der Waals surface area contributed by atoms with Crippen LogP contribution in [0.3, 0.4) is 0 Å². The van der Waals surface area contributed by atoms with Crippen LogP contribution in [0.4, 0.5) is 14.6 Å². The number of anilines is 1. The Balaban J connectivity index is 1.62. The zero-order chi connectivity index (χ0) is 27.8. The number of aliphatic hydroxyl groups excluding tert-OH is 1. The van der Waals surface area contributed by atoms with Crippen LogP contribution in [-0.4, -0.2) is 47.1 Å². The van der Waals surface area contributed by atoms with Crippen molar-refractivity contribution < 1.29 is 18.6 Å². The molecular formula is C29H29ClF2N4O2S. The fourth-order valence-electron chi connectivity index (χ4n) is 4.20. The summed E-state index contributed by atoms with van der Waals surface area (Å²) in [5.74, 6) is -0.219. The van der Waals surface area contributed by atoms with E-state index in [0.29, 0.717) is 28.6 Å². The molecule has 0 aliphatic rings. The largest absolute Gasteiger partial charge is 0.497 e. The molecule has 0 saturated heterocycles. The molecular weight excluding hydrogens is 542 g/mol. The van der Waals surface area contributed by atoms with Crippen LogP contribution in [0.1, 0.15) is 11.1 Å². The van der Waals surface area contributed by atoms with Crippen molar-refractivity contribution in [3.8, 4) is 16.9 Å². The maximum Gasteiger partial charge on any atom is 0.190 e. The van der Waals surface area contributed by atoms with Crippen LogP contribution in [0.25, 0.3) is 11.1 Å². The smallest absolute Gasteiger partial charge is 0.190 e. The van der Waals surface area contributed by atoms with Crippen LogP contribution in [-0.2, 0) is 13.0 Å². The summed E-state index contributed by atoms with van der Waals surface area (Å²) in [5, 5.41) is 18.6. The highest BCUT2D eigenvalue weighted by atomic mass is 35.5. The van der Waals surface area contributed by atoms with Gasteiger partial charge in [0.15, 0.2) is 5.16 Å². The van der Waals surface area contributed by atoms with Gasteiger partial charge in [0.1, 0.15) is 28.4 Å². The number of ether oxygens (including phenoxy) is 1. The molecule has 1 aromatic heterocycles. The predicted molar refractivity (Wildman–Crippen MR) is 152 cm³/mol. The Bertz CT molecular complexity index is 1380. The number of nitrogens with one attached hydrogen (secondary N) is 2. The van der Waals surface area contributed by atoms with Gasteiger partial charge in [-0.05, 0) is 53.6 Å². The molecule has 0 aliphatic carbocycles. The summed E-state index contributed by atoms with van der Waals surface area (Å²) >= 11 is 7.93. The Morgan fingerprint density at radius 1 is 0.974 bits per heavy atom. The minimum absolute atomic E-state index is 0.126. The first-order valence-electron chi connectivity index (χ1n) is 12.3. The van der Waals surface area contributed by atoms with Crippen molar-refractivity contribution in [1.82, 2.24) is 15.3 Å². The lowest BCUT2D eigenvalue weighted by Crippen LogP contribution is -2.42. The van der Waals surface area contributed by atoms with Crippen LogP contribution < -0.4 is 15.4 Å². The topological polar surface area (TPSA) is 79.3 Å². The fourth-order valence-corrected chi connectivity index (χ4v) is 4.90. The lowest BCUT2D eigenvalue weighted by atomic mass is 9.99. The molecule has 0 amide bonds. The minimum atomic E-state index is -0.961. The van der Waals surface area contributed by atoms with Gasteiger partial charge in [0.25, 0.3) is 0 Å². The highest BCUT2D eigenvalue weighted by Crippen LogP contribution is 2.34. The van der Waals surface area contributed by atoms with Gasteiger partial charge in [-0.1, -0.05) is 65.8 Å². The Kier molecular flexibility index (Phi) is 10.1. The van der Waals surface area contributed by atoms with Crippen LogP contribution in [0.5, 0.6) is 5.75 Å². The van der Waals surface area contributed by atoms with Crippen molar-refractivity contribution in [3.63, 3.8) is 0 Å². The van der Waals surface area contributed by atoms with Crippen molar-refractivity contribution >= 4 is 29.2 Å². The van der Waals surface area contributed by atoms with Gasteiger partial charge in [-0.15, -0.1) is 0 Å². The molecule has 0 fully saturated rings. The van der Waals surface area contributed by atoms with Crippen molar-refractivity contribution in [2.24, 2.45) is 0 Å². The predicted octanol–water partition coefficient (Wildman–Crippen LogP) is 5.98. The number of methoxy groups -OCH3 is 1. The second kappa shape index (κ2) is 13.7. The van der Waals surface area contributed by atoms with Gasteiger partial charge in [-0.2, -0.15) is 0 Å². The van der Waals surface area contributed by atoms with E-state index >= 15 is 0 Å². The second-order valence-electron chi connectivity index (χ2n) is 8.87. The summed E-state index contributed by atoms with van der Waals surface area (Å²) in [7, 11) is 1.60. The Morgan fingerprint density at radius 3 is 2.41 bits per heavy atom. The van der Waals surface area contributed by atoms with Crippen LogP contribution >= 0.6 is 23.4 Å². The van der Waals surface area contributed by atoms with Crippen LogP contribution in [0.2, 0.25) is 5.15 Å². The van der Waals surface area contributed by atoms with Gasteiger partial charge < -0.3 is 20.5 Å². The molecule has 0 saturated carbocycles. The van der Waals surface area contributed by atoms with E-state index in [1.807, 2.05) is 60.9 Å². The van der Waals surface area contributed by atoms with Crippen molar-refractivity contribution in [2.45, 2.75) is 30.3 Å². The van der Waals surface area contributed by atoms with Gasteiger partial charge >= 0.3 is 0 Å². The van der Waals surface area contributed by atoms with E-state index < -0.39 is 23.8 Å².